The highest BCUT2D eigenvalue weighted by Gasteiger charge is 2.09. The number of carbonyl (C=O) groups is 1. The molecule has 1 aromatic carbocycles. The van der Waals surface area contributed by atoms with Crippen molar-refractivity contribution in [3.05, 3.63) is 39.9 Å². The molecule has 1 aromatic heterocycles. The van der Waals surface area contributed by atoms with E-state index in [0.717, 1.165) is 11.1 Å². The van der Waals surface area contributed by atoms with E-state index in [2.05, 4.69) is 14.7 Å². The number of hydrogen-bond acceptors (Lipinski definition) is 5. The predicted octanol–water partition coefficient (Wildman–Crippen LogP) is 1.23. The molecule has 0 amide bonds. The first-order valence-electron chi connectivity index (χ1n) is 6.75. The van der Waals surface area contributed by atoms with Crippen LogP contribution in [0.2, 0.25) is 0 Å². The van der Waals surface area contributed by atoms with Crippen molar-refractivity contribution in [3.8, 4) is 0 Å². The van der Waals surface area contributed by atoms with E-state index in [9.17, 15) is 9.59 Å². The van der Waals surface area contributed by atoms with Crippen molar-refractivity contribution in [2.45, 2.75) is 19.9 Å². The highest BCUT2D eigenvalue weighted by molar-refractivity contribution is 5.80. The third kappa shape index (κ3) is 3.66. The number of carbonyl (C=O) groups excluding carboxylic acids is 1. The summed E-state index contributed by atoms with van der Waals surface area (Å²) in [5, 5.41) is 0.593. The zero-order valence-corrected chi connectivity index (χ0v) is 12.5. The third-order valence-corrected chi connectivity index (χ3v) is 3.33. The molecule has 0 spiro atoms. The van der Waals surface area contributed by atoms with Crippen molar-refractivity contribution >= 4 is 16.9 Å². The standard InChI is InChI=1S/C15H19N3O3/c1-10-5-4-6-11-14(10)16-12(17-15(11)20)9-18(2)8-7-13(19)21-3/h4-6H,7-9H2,1-3H3,(H,16,17,20). The van der Waals surface area contributed by atoms with Crippen LogP contribution in [0.1, 0.15) is 17.8 Å². The van der Waals surface area contributed by atoms with Crippen LogP contribution in [0.3, 0.4) is 0 Å². The predicted molar refractivity (Wildman–Crippen MR) is 80.1 cm³/mol. The second-order valence-corrected chi connectivity index (χ2v) is 5.05. The minimum absolute atomic E-state index is 0.139. The highest BCUT2D eigenvalue weighted by atomic mass is 16.5. The van der Waals surface area contributed by atoms with Crippen LogP contribution >= 0.6 is 0 Å². The number of esters is 1. The Morgan fingerprint density at radius 2 is 2.19 bits per heavy atom. The lowest BCUT2D eigenvalue weighted by Crippen LogP contribution is -2.24. The molecule has 0 fully saturated rings. The number of benzene rings is 1. The number of aryl methyl sites for hydroxylation is 1. The summed E-state index contributed by atoms with van der Waals surface area (Å²) in [4.78, 5) is 32.4. The first-order valence-corrected chi connectivity index (χ1v) is 6.75. The Hall–Kier alpha value is -2.21. The Bertz CT molecular complexity index is 709. The van der Waals surface area contributed by atoms with E-state index in [1.165, 1.54) is 7.11 Å². The number of rotatable bonds is 5. The molecular formula is C15H19N3O3. The van der Waals surface area contributed by atoms with Crippen molar-refractivity contribution in [1.82, 2.24) is 14.9 Å². The second-order valence-electron chi connectivity index (χ2n) is 5.05. The number of para-hydroxylation sites is 1. The lowest BCUT2D eigenvalue weighted by atomic mass is 10.1. The van der Waals surface area contributed by atoms with Gasteiger partial charge in [-0.15, -0.1) is 0 Å². The van der Waals surface area contributed by atoms with Gasteiger partial charge < -0.3 is 9.72 Å². The molecule has 0 unspecified atom stereocenters. The summed E-state index contributed by atoms with van der Waals surface area (Å²) in [6, 6.07) is 5.54. The smallest absolute Gasteiger partial charge is 0.306 e. The molecule has 1 heterocycles. The Labute approximate surface area is 122 Å². The molecular weight excluding hydrogens is 270 g/mol. The van der Waals surface area contributed by atoms with Crippen LogP contribution in [-0.2, 0) is 16.1 Å². The van der Waals surface area contributed by atoms with Crippen LogP contribution < -0.4 is 5.56 Å². The SMILES string of the molecule is COC(=O)CCN(C)Cc1nc2c(C)cccc2c(=O)[nH]1. The van der Waals surface area contributed by atoms with E-state index >= 15 is 0 Å². The van der Waals surface area contributed by atoms with E-state index in [1.807, 2.05) is 31.0 Å². The van der Waals surface area contributed by atoms with E-state index in [0.29, 0.717) is 30.7 Å². The first kappa shape index (κ1) is 15.2. The van der Waals surface area contributed by atoms with Crippen molar-refractivity contribution in [1.29, 1.82) is 0 Å². The van der Waals surface area contributed by atoms with Gasteiger partial charge in [-0.1, -0.05) is 12.1 Å². The number of hydrogen-bond donors (Lipinski definition) is 1. The molecule has 0 aliphatic heterocycles. The summed E-state index contributed by atoms with van der Waals surface area (Å²) in [5.74, 6) is 0.340. The maximum absolute atomic E-state index is 12.1. The van der Waals surface area contributed by atoms with Gasteiger partial charge in [0.15, 0.2) is 0 Å². The van der Waals surface area contributed by atoms with E-state index in [-0.39, 0.29) is 11.5 Å². The van der Waals surface area contributed by atoms with Crippen LogP contribution in [0, 0.1) is 6.92 Å². The molecule has 0 bridgehead atoms. The Morgan fingerprint density at radius 1 is 1.43 bits per heavy atom. The minimum atomic E-state index is -0.252. The quantitative estimate of drug-likeness (QED) is 0.838. The summed E-state index contributed by atoms with van der Waals surface area (Å²) in [5.41, 5.74) is 1.55. The van der Waals surface area contributed by atoms with Gasteiger partial charge in [0.05, 0.1) is 31.0 Å². The van der Waals surface area contributed by atoms with Gasteiger partial charge in [-0.25, -0.2) is 4.98 Å². The molecule has 6 heteroatoms. The highest BCUT2D eigenvalue weighted by Crippen LogP contribution is 2.12. The van der Waals surface area contributed by atoms with Gasteiger partial charge in [-0.3, -0.25) is 14.5 Å². The van der Waals surface area contributed by atoms with E-state index < -0.39 is 0 Å². The fourth-order valence-corrected chi connectivity index (χ4v) is 2.15. The molecule has 0 atom stereocenters. The van der Waals surface area contributed by atoms with Crippen molar-refractivity contribution in [2.75, 3.05) is 20.7 Å². The maximum Gasteiger partial charge on any atom is 0.306 e. The van der Waals surface area contributed by atoms with E-state index in [4.69, 9.17) is 0 Å². The number of fused-ring (bicyclic) bond motifs is 1. The molecule has 0 saturated heterocycles. The molecule has 0 aliphatic rings. The summed E-state index contributed by atoms with van der Waals surface area (Å²) in [7, 11) is 3.23. The van der Waals surface area contributed by atoms with Crippen molar-refractivity contribution < 1.29 is 9.53 Å². The molecule has 0 radical (unpaired) electrons. The third-order valence-electron chi connectivity index (χ3n) is 3.33. The fourth-order valence-electron chi connectivity index (χ4n) is 2.15. The molecule has 2 aromatic rings. The van der Waals surface area contributed by atoms with Gasteiger partial charge in [0.2, 0.25) is 0 Å². The van der Waals surface area contributed by atoms with Crippen LogP contribution in [0.5, 0.6) is 0 Å². The second kappa shape index (κ2) is 6.49. The lowest BCUT2D eigenvalue weighted by Gasteiger charge is -2.15. The van der Waals surface area contributed by atoms with Gasteiger partial charge in [0, 0.05) is 6.54 Å². The van der Waals surface area contributed by atoms with E-state index in [1.54, 1.807) is 6.07 Å². The van der Waals surface area contributed by atoms with Crippen LogP contribution in [0.15, 0.2) is 23.0 Å². The average Bonchev–Trinajstić information content (AvgIpc) is 2.46. The normalized spacial score (nSPS) is 11.0. The molecule has 1 N–H and O–H groups in total. The number of H-pyrrole nitrogens is 1. The topological polar surface area (TPSA) is 75.3 Å². The molecule has 112 valence electrons. The number of aromatic amines is 1. The largest absolute Gasteiger partial charge is 0.469 e. The fraction of sp³-hybridized carbons (Fsp3) is 0.400. The van der Waals surface area contributed by atoms with Gasteiger partial charge in [-0.2, -0.15) is 0 Å². The van der Waals surface area contributed by atoms with Gasteiger partial charge in [0.25, 0.3) is 5.56 Å². The average molecular weight is 289 g/mol. The van der Waals surface area contributed by atoms with Crippen LogP contribution in [0.4, 0.5) is 0 Å². The summed E-state index contributed by atoms with van der Waals surface area (Å²) in [6.45, 7) is 2.94. The van der Waals surface area contributed by atoms with Gasteiger partial charge in [-0.05, 0) is 25.6 Å². The summed E-state index contributed by atoms with van der Waals surface area (Å²) < 4.78 is 4.60. The zero-order valence-electron chi connectivity index (χ0n) is 12.5. The first-order chi connectivity index (χ1) is 10.0. The molecule has 6 nitrogen and oxygen atoms in total. The molecule has 0 saturated carbocycles. The lowest BCUT2D eigenvalue weighted by molar-refractivity contribution is -0.140. The maximum atomic E-state index is 12.1. The molecule has 0 aliphatic carbocycles. The monoisotopic (exact) mass is 289 g/mol. The Kier molecular flexibility index (Phi) is 4.70. The van der Waals surface area contributed by atoms with Gasteiger partial charge in [0.1, 0.15) is 5.82 Å². The number of methoxy groups -OCH3 is 1. The molecule has 21 heavy (non-hydrogen) atoms. The molecule has 2 rings (SSSR count). The number of aromatic nitrogens is 2. The summed E-state index contributed by atoms with van der Waals surface area (Å²) in [6.07, 6.45) is 0.309. The zero-order chi connectivity index (χ0) is 15.4. The number of nitrogens with zero attached hydrogens (tertiary/aromatic N) is 2. The minimum Gasteiger partial charge on any atom is -0.469 e. The Balaban J connectivity index is 2.17. The number of ether oxygens (including phenoxy) is 1. The van der Waals surface area contributed by atoms with Gasteiger partial charge >= 0.3 is 5.97 Å². The summed E-state index contributed by atoms with van der Waals surface area (Å²) >= 11 is 0. The van der Waals surface area contributed by atoms with Crippen LogP contribution in [-0.4, -0.2) is 41.5 Å². The van der Waals surface area contributed by atoms with Crippen molar-refractivity contribution in [2.24, 2.45) is 0 Å². The van der Waals surface area contributed by atoms with Crippen LogP contribution in [0.25, 0.3) is 10.9 Å². The van der Waals surface area contributed by atoms with Crippen molar-refractivity contribution in [3.63, 3.8) is 0 Å². The number of nitrogens with one attached hydrogen (secondary N) is 1. The Morgan fingerprint density at radius 3 is 2.90 bits per heavy atom.